The lowest BCUT2D eigenvalue weighted by molar-refractivity contribution is 0.0731. The number of hydrogen-bond donors (Lipinski definition) is 1. The molecular weight excluding hydrogens is 330 g/mol. The Kier molecular flexibility index (Phi) is 5.30. The summed E-state index contributed by atoms with van der Waals surface area (Å²) in [4.78, 5) is 19.1. The molecule has 3 rings (SSSR count). The molecule has 2 aromatic rings. The molecule has 0 saturated carbocycles. The minimum Gasteiger partial charge on any atom is -0.334 e. The summed E-state index contributed by atoms with van der Waals surface area (Å²) in [5.41, 5.74) is 7.19. The summed E-state index contributed by atoms with van der Waals surface area (Å²) in [6, 6.07) is 8.05. The van der Waals surface area contributed by atoms with Gasteiger partial charge < -0.3 is 10.6 Å². The van der Waals surface area contributed by atoms with E-state index in [1.54, 1.807) is 0 Å². The molecule has 6 heteroatoms. The first kappa shape index (κ1) is 16.4. The van der Waals surface area contributed by atoms with Crippen molar-refractivity contribution in [2.45, 2.75) is 31.7 Å². The zero-order valence-corrected chi connectivity index (χ0v) is 14.4. The van der Waals surface area contributed by atoms with Gasteiger partial charge in [0.05, 0.1) is 5.01 Å². The van der Waals surface area contributed by atoms with Crippen LogP contribution in [0.15, 0.2) is 29.6 Å². The Morgan fingerprint density at radius 2 is 2.26 bits per heavy atom. The number of likely N-dealkylation sites (tertiary alicyclic amines) is 1. The van der Waals surface area contributed by atoms with Gasteiger partial charge in [-0.25, -0.2) is 4.98 Å². The molecule has 1 fully saturated rings. The molecule has 122 valence electrons. The zero-order valence-electron chi connectivity index (χ0n) is 12.9. The van der Waals surface area contributed by atoms with E-state index >= 15 is 0 Å². The third-order valence-corrected chi connectivity index (χ3v) is 5.46. The van der Waals surface area contributed by atoms with Gasteiger partial charge in [0.2, 0.25) is 0 Å². The van der Waals surface area contributed by atoms with Gasteiger partial charge in [0.15, 0.2) is 0 Å². The lowest BCUT2D eigenvalue weighted by atomic mass is 10.0. The fourth-order valence-electron chi connectivity index (χ4n) is 3.03. The predicted molar refractivity (Wildman–Crippen MR) is 94.1 cm³/mol. The van der Waals surface area contributed by atoms with Crippen molar-refractivity contribution in [2.75, 3.05) is 13.1 Å². The average molecular weight is 350 g/mol. The van der Waals surface area contributed by atoms with E-state index in [1.807, 2.05) is 34.5 Å². The van der Waals surface area contributed by atoms with Crippen LogP contribution in [0.5, 0.6) is 0 Å². The SMILES string of the molecule is NCCc1nc(C(=O)N2CCCC2Cc2ccccc2Cl)cs1. The maximum Gasteiger partial charge on any atom is 0.273 e. The van der Waals surface area contributed by atoms with Crippen LogP contribution >= 0.6 is 22.9 Å². The monoisotopic (exact) mass is 349 g/mol. The van der Waals surface area contributed by atoms with E-state index in [0.717, 1.165) is 47.8 Å². The number of nitrogens with two attached hydrogens (primary N) is 1. The Bertz CT molecular complexity index is 688. The first-order chi connectivity index (χ1) is 11.2. The Labute approximate surface area is 145 Å². The van der Waals surface area contributed by atoms with Gasteiger partial charge >= 0.3 is 0 Å². The van der Waals surface area contributed by atoms with Gasteiger partial charge in [-0.15, -0.1) is 11.3 Å². The first-order valence-corrected chi connectivity index (χ1v) is 9.13. The lowest BCUT2D eigenvalue weighted by Crippen LogP contribution is -2.37. The van der Waals surface area contributed by atoms with Gasteiger partial charge in [0.25, 0.3) is 5.91 Å². The van der Waals surface area contributed by atoms with Crippen molar-refractivity contribution in [1.29, 1.82) is 0 Å². The number of nitrogens with zero attached hydrogens (tertiary/aromatic N) is 2. The molecule has 0 radical (unpaired) electrons. The van der Waals surface area contributed by atoms with E-state index < -0.39 is 0 Å². The molecule has 1 aromatic carbocycles. The Hall–Kier alpha value is -1.43. The second-order valence-electron chi connectivity index (χ2n) is 5.76. The van der Waals surface area contributed by atoms with E-state index in [4.69, 9.17) is 17.3 Å². The van der Waals surface area contributed by atoms with E-state index in [0.29, 0.717) is 12.2 Å². The molecule has 1 amide bonds. The fourth-order valence-corrected chi connectivity index (χ4v) is 4.03. The number of aromatic nitrogens is 1. The summed E-state index contributed by atoms with van der Waals surface area (Å²) < 4.78 is 0. The average Bonchev–Trinajstić information content (AvgIpc) is 3.19. The van der Waals surface area contributed by atoms with Gasteiger partial charge in [0, 0.05) is 29.4 Å². The minimum atomic E-state index is 0.0269. The smallest absolute Gasteiger partial charge is 0.273 e. The van der Waals surface area contributed by atoms with Crippen molar-refractivity contribution in [3.05, 3.63) is 50.9 Å². The second-order valence-corrected chi connectivity index (χ2v) is 7.11. The van der Waals surface area contributed by atoms with Gasteiger partial charge in [-0.3, -0.25) is 4.79 Å². The number of benzene rings is 1. The molecule has 1 aliphatic heterocycles. The van der Waals surface area contributed by atoms with Crippen molar-refractivity contribution in [3.63, 3.8) is 0 Å². The first-order valence-electron chi connectivity index (χ1n) is 7.88. The van der Waals surface area contributed by atoms with Crippen LogP contribution in [0.2, 0.25) is 5.02 Å². The van der Waals surface area contributed by atoms with Crippen LogP contribution in [0.4, 0.5) is 0 Å². The zero-order chi connectivity index (χ0) is 16.2. The highest BCUT2D eigenvalue weighted by Gasteiger charge is 2.31. The lowest BCUT2D eigenvalue weighted by Gasteiger charge is -2.24. The number of thiazole rings is 1. The highest BCUT2D eigenvalue weighted by atomic mass is 35.5. The molecule has 23 heavy (non-hydrogen) atoms. The second kappa shape index (κ2) is 7.43. The maximum atomic E-state index is 12.8. The summed E-state index contributed by atoms with van der Waals surface area (Å²) in [5, 5.41) is 3.54. The third kappa shape index (κ3) is 3.74. The van der Waals surface area contributed by atoms with Crippen molar-refractivity contribution in [3.8, 4) is 0 Å². The van der Waals surface area contributed by atoms with E-state index in [2.05, 4.69) is 4.98 Å². The molecule has 0 bridgehead atoms. The number of carbonyl (C=O) groups is 1. The molecule has 4 nitrogen and oxygen atoms in total. The summed E-state index contributed by atoms with van der Waals surface area (Å²) in [7, 11) is 0. The fraction of sp³-hybridized carbons (Fsp3) is 0.412. The summed E-state index contributed by atoms with van der Waals surface area (Å²) >= 11 is 7.77. The minimum absolute atomic E-state index is 0.0269. The van der Waals surface area contributed by atoms with Crippen LogP contribution in [0.25, 0.3) is 0 Å². The molecule has 0 aliphatic carbocycles. The quantitative estimate of drug-likeness (QED) is 0.902. The van der Waals surface area contributed by atoms with Crippen LogP contribution in [-0.4, -0.2) is 34.9 Å². The van der Waals surface area contributed by atoms with Gasteiger partial charge in [-0.05, 0) is 37.4 Å². The normalized spacial score (nSPS) is 17.7. The molecule has 1 saturated heterocycles. The molecule has 1 unspecified atom stereocenters. The predicted octanol–water partition coefficient (Wildman–Crippen LogP) is 3.15. The van der Waals surface area contributed by atoms with Crippen LogP contribution < -0.4 is 5.73 Å². The standard InChI is InChI=1S/C17H20ClN3OS/c18-14-6-2-1-4-12(14)10-13-5-3-9-21(13)17(22)15-11-23-16(20-15)7-8-19/h1-2,4,6,11,13H,3,5,7-10,19H2. The number of hydrogen-bond acceptors (Lipinski definition) is 4. The van der Waals surface area contributed by atoms with Crippen molar-refractivity contribution in [1.82, 2.24) is 9.88 Å². The number of halogens is 1. The van der Waals surface area contributed by atoms with Crippen molar-refractivity contribution < 1.29 is 4.79 Å². The largest absolute Gasteiger partial charge is 0.334 e. The van der Waals surface area contributed by atoms with E-state index in [1.165, 1.54) is 11.3 Å². The van der Waals surface area contributed by atoms with Crippen LogP contribution in [-0.2, 0) is 12.8 Å². The van der Waals surface area contributed by atoms with Crippen molar-refractivity contribution >= 4 is 28.8 Å². The third-order valence-electron chi connectivity index (χ3n) is 4.18. The van der Waals surface area contributed by atoms with Crippen LogP contribution in [0, 0.1) is 0 Å². The molecule has 1 aliphatic rings. The molecular formula is C17H20ClN3OS. The molecule has 2 heterocycles. The molecule has 2 N–H and O–H groups in total. The maximum absolute atomic E-state index is 12.8. The van der Waals surface area contributed by atoms with Crippen LogP contribution in [0.1, 0.15) is 33.9 Å². The Morgan fingerprint density at radius 1 is 1.43 bits per heavy atom. The molecule has 1 atom stereocenters. The summed E-state index contributed by atoms with van der Waals surface area (Å²) in [5.74, 6) is 0.0269. The van der Waals surface area contributed by atoms with Crippen LogP contribution in [0.3, 0.4) is 0 Å². The summed E-state index contributed by atoms with van der Waals surface area (Å²) in [6.07, 6.45) is 3.56. The summed E-state index contributed by atoms with van der Waals surface area (Å²) in [6.45, 7) is 1.34. The molecule has 1 aromatic heterocycles. The van der Waals surface area contributed by atoms with Gasteiger partial charge in [0.1, 0.15) is 5.69 Å². The Balaban J connectivity index is 1.73. The van der Waals surface area contributed by atoms with Gasteiger partial charge in [-0.1, -0.05) is 29.8 Å². The topological polar surface area (TPSA) is 59.2 Å². The number of amides is 1. The van der Waals surface area contributed by atoms with E-state index in [9.17, 15) is 4.79 Å². The van der Waals surface area contributed by atoms with Gasteiger partial charge in [-0.2, -0.15) is 0 Å². The number of carbonyl (C=O) groups excluding carboxylic acids is 1. The number of rotatable bonds is 5. The Morgan fingerprint density at radius 3 is 3.04 bits per heavy atom. The highest BCUT2D eigenvalue weighted by molar-refractivity contribution is 7.09. The van der Waals surface area contributed by atoms with Crippen molar-refractivity contribution in [2.24, 2.45) is 5.73 Å². The molecule has 0 spiro atoms. The highest BCUT2D eigenvalue weighted by Crippen LogP contribution is 2.26. The van der Waals surface area contributed by atoms with E-state index in [-0.39, 0.29) is 11.9 Å².